The zero-order chi connectivity index (χ0) is 45.0. The van der Waals surface area contributed by atoms with Crippen LogP contribution in [-0.2, 0) is 19.1 Å². The van der Waals surface area contributed by atoms with Crippen LogP contribution in [0.1, 0.15) is 253 Å². The number of anilines is 2. The number of unbranched alkanes of at least 4 members (excludes halogenated alkanes) is 24. The standard InChI is InChI=1S/C41H77N3O4.C11H22O2/c1-5-8-11-14-18-23-29-36(30-24-19-15-12-9-6-2)48-37(45)31-25-20-17-22-27-34-44(33-26-21-16-13-10-7-3)35-28-32-43-39-38(42-4)40(46)41(39)47;1-3-4-5-6-7-8-9-11(2)13-10-12/h36,42-43H,5-35H2,1-4H3;10-11H,3-9H2,1-2H3. The number of hydrogen-bond acceptors (Lipinski definition) is 9. The molecule has 9 nitrogen and oxygen atoms in total. The van der Waals surface area contributed by atoms with Gasteiger partial charge in [0.2, 0.25) is 0 Å². The molecular formula is C52H99N3O6. The van der Waals surface area contributed by atoms with Crippen LogP contribution in [-0.4, -0.2) is 62.8 Å². The number of nitrogens with zero attached hydrogens (tertiary/aromatic N) is 1. The molecule has 0 amide bonds. The van der Waals surface area contributed by atoms with Crippen molar-refractivity contribution < 1.29 is 19.1 Å². The molecule has 9 heteroatoms. The Labute approximate surface area is 376 Å². The summed E-state index contributed by atoms with van der Waals surface area (Å²) < 4.78 is 10.8. The SMILES string of the molecule is CCCCCCCCC(C)OC=O.CCCCCCCCC(CCCCCCCC)OC(=O)CCCCCCCN(CCCCCCCC)CCCNc1c(NC)c(=O)c1=O. The smallest absolute Gasteiger partial charge is 0.306 e. The Morgan fingerprint density at radius 3 is 1.39 bits per heavy atom. The molecule has 0 saturated heterocycles. The summed E-state index contributed by atoms with van der Waals surface area (Å²) in [5, 5.41) is 6.01. The Balaban J connectivity index is 0.00000237. The number of hydrogen-bond donors (Lipinski definition) is 2. The lowest BCUT2D eigenvalue weighted by Gasteiger charge is -2.23. The van der Waals surface area contributed by atoms with E-state index in [0.29, 0.717) is 30.8 Å². The molecular weight excluding hydrogens is 763 g/mol. The fourth-order valence-corrected chi connectivity index (χ4v) is 8.09. The summed E-state index contributed by atoms with van der Waals surface area (Å²) in [7, 11) is 1.68. The van der Waals surface area contributed by atoms with E-state index in [1.54, 1.807) is 7.05 Å². The summed E-state index contributed by atoms with van der Waals surface area (Å²) in [5.74, 6) is 0.0151. The van der Waals surface area contributed by atoms with Gasteiger partial charge in [0.1, 0.15) is 17.5 Å². The summed E-state index contributed by atoms with van der Waals surface area (Å²) >= 11 is 0. The maximum Gasteiger partial charge on any atom is 0.306 e. The largest absolute Gasteiger partial charge is 0.465 e. The van der Waals surface area contributed by atoms with Gasteiger partial charge < -0.3 is 25.0 Å². The molecule has 0 bridgehead atoms. The predicted octanol–water partition coefficient (Wildman–Crippen LogP) is 13.8. The number of esters is 1. The molecule has 0 radical (unpaired) electrons. The van der Waals surface area contributed by atoms with Crippen molar-refractivity contribution in [3.8, 4) is 0 Å². The molecule has 0 aromatic heterocycles. The third kappa shape index (κ3) is 34.7. The average Bonchev–Trinajstić information content (AvgIpc) is 3.25. The Morgan fingerprint density at radius 2 is 0.934 bits per heavy atom. The summed E-state index contributed by atoms with van der Waals surface area (Å²) in [4.78, 5) is 48.8. The van der Waals surface area contributed by atoms with E-state index in [2.05, 4.69) is 43.2 Å². The number of ether oxygens (including phenoxy) is 2. The number of carbonyl (C=O) groups excluding carboxylic acids is 2. The molecule has 1 unspecified atom stereocenters. The highest BCUT2D eigenvalue weighted by Gasteiger charge is 2.19. The second-order valence-electron chi connectivity index (χ2n) is 17.9. The third-order valence-electron chi connectivity index (χ3n) is 12.1. The molecule has 0 aliphatic carbocycles. The minimum atomic E-state index is -0.419. The molecule has 2 N–H and O–H groups in total. The van der Waals surface area contributed by atoms with Gasteiger partial charge in [-0.05, 0) is 90.8 Å². The summed E-state index contributed by atoms with van der Waals surface area (Å²) in [6, 6.07) is 0. The van der Waals surface area contributed by atoms with E-state index in [1.807, 2.05) is 6.92 Å². The van der Waals surface area contributed by atoms with Crippen LogP contribution < -0.4 is 21.5 Å². The number of nitrogens with one attached hydrogen (secondary N) is 2. The first kappa shape index (κ1) is 58.6. The predicted molar refractivity (Wildman–Crippen MR) is 262 cm³/mol. The van der Waals surface area contributed by atoms with E-state index in [-0.39, 0.29) is 18.2 Å². The molecule has 1 rings (SSSR count). The first-order valence-electron chi connectivity index (χ1n) is 26.0. The molecule has 358 valence electrons. The van der Waals surface area contributed by atoms with E-state index in [1.165, 1.54) is 167 Å². The second-order valence-corrected chi connectivity index (χ2v) is 17.9. The van der Waals surface area contributed by atoms with Gasteiger partial charge in [-0.15, -0.1) is 0 Å². The van der Waals surface area contributed by atoms with Crippen molar-refractivity contribution in [3.05, 3.63) is 20.4 Å². The Hall–Kier alpha value is -2.42. The monoisotopic (exact) mass is 862 g/mol. The lowest BCUT2D eigenvalue weighted by Crippen LogP contribution is -2.37. The lowest BCUT2D eigenvalue weighted by molar-refractivity contribution is -0.150. The summed E-state index contributed by atoms with van der Waals surface area (Å²) in [6.07, 6.45) is 41.3. The molecule has 0 fully saturated rings. The Bertz CT molecular complexity index is 1170. The van der Waals surface area contributed by atoms with Crippen molar-refractivity contribution in [2.24, 2.45) is 0 Å². The molecule has 0 aliphatic rings. The fraction of sp³-hybridized carbons (Fsp3) is 0.885. The van der Waals surface area contributed by atoms with Crippen LogP contribution in [0, 0.1) is 0 Å². The van der Waals surface area contributed by atoms with Gasteiger partial charge in [0.15, 0.2) is 0 Å². The normalized spacial score (nSPS) is 11.8. The second kappa shape index (κ2) is 44.2. The highest BCUT2D eigenvalue weighted by atomic mass is 16.5. The van der Waals surface area contributed by atoms with E-state index in [0.717, 1.165) is 64.6 Å². The first-order valence-corrected chi connectivity index (χ1v) is 26.0. The number of carbonyl (C=O) groups is 2. The zero-order valence-electron chi connectivity index (χ0n) is 41.0. The van der Waals surface area contributed by atoms with Gasteiger partial charge in [0, 0.05) is 20.0 Å². The van der Waals surface area contributed by atoms with Crippen LogP contribution in [0.15, 0.2) is 9.59 Å². The van der Waals surface area contributed by atoms with Gasteiger partial charge in [-0.1, -0.05) is 175 Å². The Kier molecular flexibility index (Phi) is 42.4. The van der Waals surface area contributed by atoms with Crippen molar-refractivity contribution in [1.29, 1.82) is 0 Å². The van der Waals surface area contributed by atoms with Gasteiger partial charge in [0.05, 0.1) is 6.10 Å². The van der Waals surface area contributed by atoms with Gasteiger partial charge in [-0.25, -0.2) is 0 Å². The maximum absolute atomic E-state index is 12.7. The number of rotatable bonds is 45. The van der Waals surface area contributed by atoms with Crippen molar-refractivity contribution >= 4 is 23.8 Å². The molecule has 0 spiro atoms. The van der Waals surface area contributed by atoms with Crippen LogP contribution >= 0.6 is 0 Å². The van der Waals surface area contributed by atoms with Gasteiger partial charge in [-0.2, -0.15) is 0 Å². The van der Waals surface area contributed by atoms with Crippen molar-refractivity contribution in [2.45, 2.75) is 265 Å². The fourth-order valence-electron chi connectivity index (χ4n) is 8.09. The highest BCUT2D eigenvalue weighted by Crippen LogP contribution is 2.19. The van der Waals surface area contributed by atoms with Crippen LogP contribution in [0.2, 0.25) is 0 Å². The van der Waals surface area contributed by atoms with E-state index in [4.69, 9.17) is 9.47 Å². The van der Waals surface area contributed by atoms with Crippen LogP contribution in [0.25, 0.3) is 0 Å². The van der Waals surface area contributed by atoms with Crippen molar-refractivity contribution in [2.75, 3.05) is 43.9 Å². The minimum absolute atomic E-state index is 0.0151. The maximum atomic E-state index is 12.7. The van der Waals surface area contributed by atoms with Crippen molar-refractivity contribution in [1.82, 2.24) is 4.90 Å². The zero-order valence-corrected chi connectivity index (χ0v) is 41.0. The molecule has 0 saturated carbocycles. The third-order valence-corrected chi connectivity index (χ3v) is 12.1. The van der Waals surface area contributed by atoms with Gasteiger partial charge in [0.25, 0.3) is 17.3 Å². The molecule has 0 aliphatic heterocycles. The van der Waals surface area contributed by atoms with Crippen molar-refractivity contribution in [3.63, 3.8) is 0 Å². The van der Waals surface area contributed by atoms with E-state index >= 15 is 0 Å². The summed E-state index contributed by atoms with van der Waals surface area (Å²) in [5.41, 5.74) is 0.0359. The van der Waals surface area contributed by atoms with Crippen LogP contribution in [0.3, 0.4) is 0 Å². The van der Waals surface area contributed by atoms with E-state index in [9.17, 15) is 19.2 Å². The molecule has 0 heterocycles. The topological polar surface area (TPSA) is 114 Å². The average molecular weight is 862 g/mol. The Morgan fingerprint density at radius 1 is 0.541 bits per heavy atom. The lowest BCUT2D eigenvalue weighted by atomic mass is 10.0. The molecule has 1 aromatic carbocycles. The van der Waals surface area contributed by atoms with Gasteiger partial charge in [-0.3, -0.25) is 19.2 Å². The molecule has 1 atom stereocenters. The molecule has 1 aromatic rings. The van der Waals surface area contributed by atoms with Crippen LogP contribution in [0.4, 0.5) is 11.4 Å². The van der Waals surface area contributed by atoms with Gasteiger partial charge >= 0.3 is 5.97 Å². The molecule has 61 heavy (non-hydrogen) atoms. The first-order chi connectivity index (χ1) is 29.8. The van der Waals surface area contributed by atoms with E-state index < -0.39 is 10.9 Å². The minimum Gasteiger partial charge on any atom is -0.465 e. The highest BCUT2D eigenvalue weighted by molar-refractivity contribution is 5.73. The quantitative estimate of drug-likeness (QED) is 0.0286. The summed E-state index contributed by atoms with van der Waals surface area (Å²) in [6.45, 7) is 15.4. The van der Waals surface area contributed by atoms with Crippen LogP contribution in [0.5, 0.6) is 0 Å².